The first-order valence-electron chi connectivity index (χ1n) is 8.46. The lowest BCUT2D eigenvalue weighted by molar-refractivity contribution is -0.666. The molecule has 0 fully saturated rings. The minimum atomic E-state index is 0.957. The highest BCUT2D eigenvalue weighted by atomic mass is 16.6. The van der Waals surface area contributed by atoms with Crippen molar-refractivity contribution in [2.24, 2.45) is 17.2 Å². The van der Waals surface area contributed by atoms with E-state index in [1.54, 1.807) is 0 Å². The molecule has 0 amide bonds. The third kappa shape index (κ3) is 15.4. The molecule has 0 aromatic rings. The number of hydrogen-bond donors (Lipinski definition) is 1. The van der Waals surface area contributed by atoms with Crippen LogP contribution in [0.2, 0.25) is 0 Å². The van der Waals surface area contributed by atoms with Crippen molar-refractivity contribution < 1.29 is 5.32 Å². The molecule has 4 nitrogen and oxygen atoms in total. The lowest BCUT2D eigenvalue weighted by Gasteiger charge is -2.16. The molecule has 0 bridgehead atoms. The van der Waals surface area contributed by atoms with Crippen molar-refractivity contribution in [2.45, 2.75) is 79.1 Å². The molecule has 2 atom stereocenters. The monoisotopic (exact) mass is 288 g/mol. The van der Waals surface area contributed by atoms with E-state index in [9.17, 15) is 0 Å². The Bertz CT molecular complexity index is 173. The van der Waals surface area contributed by atoms with Gasteiger partial charge in [0.05, 0.1) is 13.1 Å². The summed E-state index contributed by atoms with van der Waals surface area (Å²) < 4.78 is 0. The third-order valence-corrected chi connectivity index (χ3v) is 4.09. The van der Waals surface area contributed by atoms with E-state index in [4.69, 9.17) is 10.1 Å². The molecular weight excluding hydrogens is 252 g/mol. The van der Waals surface area contributed by atoms with Crippen LogP contribution in [0.3, 0.4) is 0 Å². The molecule has 0 radical (unpaired) electrons. The van der Waals surface area contributed by atoms with E-state index in [2.05, 4.69) is 33.0 Å². The Morgan fingerprint density at radius 1 is 0.900 bits per heavy atom. The summed E-state index contributed by atoms with van der Waals surface area (Å²) in [6.07, 6.45) is 11.1. The van der Waals surface area contributed by atoms with Gasteiger partial charge in [0.2, 0.25) is 0 Å². The molecule has 2 unspecified atom stereocenters. The zero-order valence-corrected chi connectivity index (χ0v) is 14.1. The van der Waals surface area contributed by atoms with Crippen LogP contribution >= 0.6 is 0 Å². The number of nitrogens with two attached hydrogens (primary N) is 1. The van der Waals surface area contributed by atoms with Crippen LogP contribution in [0.25, 0.3) is 0 Å². The van der Waals surface area contributed by atoms with Gasteiger partial charge < -0.3 is 15.4 Å². The van der Waals surface area contributed by atoms with E-state index in [0.29, 0.717) is 0 Å². The molecule has 2 N–H and O–H groups in total. The first kappa shape index (κ1) is 21.7. The summed E-state index contributed by atoms with van der Waals surface area (Å²) in [7, 11) is 0. The predicted octanol–water partition coefficient (Wildman–Crippen LogP) is 4.23. The standard InChI is InChI=1S/C16H35N.HNO2/c1-5-9-11-15(7-3)13-17-14-16(8-4)12-10-6-2;2-1-3/h15-17H,5-14H2,1-4H3;(H,2,3). The van der Waals surface area contributed by atoms with Crippen molar-refractivity contribution in [1.82, 2.24) is 0 Å². The molecule has 20 heavy (non-hydrogen) atoms. The normalized spacial score (nSPS) is 13.2. The molecule has 0 aliphatic heterocycles. The Labute approximate surface area is 125 Å². The molecule has 0 aromatic heterocycles. The Hall–Kier alpha value is -0.640. The summed E-state index contributed by atoms with van der Waals surface area (Å²) in [5, 5.41) is 11.6. The van der Waals surface area contributed by atoms with Gasteiger partial charge in [0.15, 0.2) is 0 Å². The molecule has 0 spiro atoms. The van der Waals surface area contributed by atoms with Crippen LogP contribution in [0.15, 0.2) is 5.34 Å². The van der Waals surface area contributed by atoms with Gasteiger partial charge in [0.1, 0.15) is 0 Å². The summed E-state index contributed by atoms with van der Waals surface area (Å²) in [4.78, 5) is 8.00. The van der Waals surface area contributed by atoms with Crippen LogP contribution < -0.4 is 5.32 Å². The molecule has 0 heterocycles. The lowest BCUT2D eigenvalue weighted by Crippen LogP contribution is -2.86. The van der Waals surface area contributed by atoms with Crippen LogP contribution in [0, 0.1) is 22.0 Å². The van der Waals surface area contributed by atoms with Crippen molar-refractivity contribution in [3.05, 3.63) is 10.1 Å². The van der Waals surface area contributed by atoms with E-state index in [1.165, 1.54) is 64.5 Å². The summed E-state index contributed by atoms with van der Waals surface area (Å²) in [5.74, 6) is 1.91. The van der Waals surface area contributed by atoms with Crippen molar-refractivity contribution in [1.29, 1.82) is 0 Å². The van der Waals surface area contributed by atoms with Crippen molar-refractivity contribution in [3.8, 4) is 0 Å². The van der Waals surface area contributed by atoms with Crippen LogP contribution in [0.1, 0.15) is 79.1 Å². The maximum atomic E-state index is 8.00. The van der Waals surface area contributed by atoms with Gasteiger partial charge in [-0.1, -0.05) is 53.4 Å². The Balaban J connectivity index is 0. The highest BCUT2D eigenvalue weighted by Gasteiger charge is 2.11. The van der Waals surface area contributed by atoms with Gasteiger partial charge >= 0.3 is 0 Å². The van der Waals surface area contributed by atoms with E-state index in [1.807, 2.05) is 0 Å². The number of rotatable bonds is 12. The fourth-order valence-electron chi connectivity index (χ4n) is 2.53. The molecule has 0 saturated carbocycles. The first-order chi connectivity index (χ1) is 9.69. The lowest BCUT2D eigenvalue weighted by atomic mass is 9.97. The summed E-state index contributed by atoms with van der Waals surface area (Å²) in [6.45, 7) is 12.0. The second kappa shape index (κ2) is 18.4. The molecule has 4 heteroatoms. The van der Waals surface area contributed by atoms with Gasteiger partial charge in [-0.2, -0.15) is 0 Å². The Kier molecular flexibility index (Phi) is 19.9. The van der Waals surface area contributed by atoms with Crippen LogP contribution in [-0.4, -0.2) is 13.1 Å². The van der Waals surface area contributed by atoms with Gasteiger partial charge in [-0.3, -0.25) is 0 Å². The SMILES string of the molecule is CCCCC(CC)C[NH2+]CC(CC)CCCC.O=N[O-]. The molecule has 0 aromatic carbocycles. The average molecular weight is 288 g/mol. The third-order valence-electron chi connectivity index (χ3n) is 4.09. The van der Waals surface area contributed by atoms with Gasteiger partial charge in [0.25, 0.3) is 0 Å². The van der Waals surface area contributed by atoms with Crippen molar-refractivity contribution in [2.75, 3.05) is 13.1 Å². The van der Waals surface area contributed by atoms with Gasteiger partial charge in [-0.25, -0.2) is 0 Å². The fraction of sp³-hybridized carbons (Fsp3) is 1.00. The summed E-state index contributed by atoms with van der Waals surface area (Å²) in [5.41, 5.74) is 0. The topological polar surface area (TPSA) is 69.1 Å². The molecule has 0 aliphatic rings. The minimum Gasteiger partial charge on any atom is -0.444 e. The van der Waals surface area contributed by atoms with Crippen LogP contribution in [-0.2, 0) is 0 Å². The summed E-state index contributed by atoms with van der Waals surface area (Å²) in [6, 6.07) is 0. The number of quaternary nitrogens is 1. The minimum absolute atomic E-state index is 0.957. The van der Waals surface area contributed by atoms with E-state index >= 15 is 0 Å². The maximum Gasteiger partial charge on any atom is 0.0783 e. The quantitative estimate of drug-likeness (QED) is 0.431. The van der Waals surface area contributed by atoms with Gasteiger partial charge in [-0.05, 0) is 25.7 Å². The smallest absolute Gasteiger partial charge is 0.0783 e. The number of nitrogens with zero attached hydrogens (tertiary/aromatic N) is 1. The molecular formula is C16H36N2O2. The molecule has 0 aliphatic carbocycles. The van der Waals surface area contributed by atoms with E-state index in [-0.39, 0.29) is 0 Å². The Morgan fingerprint density at radius 2 is 1.25 bits per heavy atom. The fourth-order valence-corrected chi connectivity index (χ4v) is 2.53. The zero-order chi connectivity index (χ0) is 15.6. The second-order valence-electron chi connectivity index (χ2n) is 5.67. The Morgan fingerprint density at radius 3 is 1.50 bits per heavy atom. The van der Waals surface area contributed by atoms with Crippen LogP contribution in [0.5, 0.6) is 0 Å². The predicted molar refractivity (Wildman–Crippen MR) is 87.4 cm³/mol. The second-order valence-corrected chi connectivity index (χ2v) is 5.67. The number of unbranched alkanes of at least 4 members (excludes halogenated alkanes) is 2. The highest BCUT2D eigenvalue weighted by Crippen LogP contribution is 2.11. The van der Waals surface area contributed by atoms with Crippen LogP contribution in [0.4, 0.5) is 0 Å². The van der Waals surface area contributed by atoms with Crippen molar-refractivity contribution in [3.63, 3.8) is 0 Å². The summed E-state index contributed by atoms with van der Waals surface area (Å²) >= 11 is 0. The largest absolute Gasteiger partial charge is 0.444 e. The highest BCUT2D eigenvalue weighted by molar-refractivity contribution is 4.56. The van der Waals surface area contributed by atoms with E-state index in [0.717, 1.165) is 17.2 Å². The van der Waals surface area contributed by atoms with Gasteiger partial charge in [0, 0.05) is 11.8 Å². The molecule has 122 valence electrons. The molecule has 0 saturated heterocycles. The average Bonchev–Trinajstić information content (AvgIpc) is 2.46. The van der Waals surface area contributed by atoms with Gasteiger partial charge in [-0.15, -0.1) is 5.34 Å². The van der Waals surface area contributed by atoms with Crippen molar-refractivity contribution >= 4 is 0 Å². The van der Waals surface area contributed by atoms with E-state index < -0.39 is 0 Å². The number of hydrogen-bond acceptors (Lipinski definition) is 3. The maximum absolute atomic E-state index is 8.00. The zero-order valence-electron chi connectivity index (χ0n) is 14.1. The first-order valence-corrected chi connectivity index (χ1v) is 8.46. The molecule has 0 rings (SSSR count).